The van der Waals surface area contributed by atoms with Gasteiger partial charge in [0.05, 0.1) is 12.3 Å². The maximum absolute atomic E-state index is 12.0. The van der Waals surface area contributed by atoms with Crippen LogP contribution in [0.15, 0.2) is 52.1 Å². The van der Waals surface area contributed by atoms with Crippen molar-refractivity contribution in [2.45, 2.75) is 26.0 Å². The lowest BCUT2D eigenvalue weighted by atomic mass is 10.1. The van der Waals surface area contributed by atoms with Crippen LogP contribution >= 0.6 is 11.8 Å². The summed E-state index contributed by atoms with van der Waals surface area (Å²) < 4.78 is 11.3. The van der Waals surface area contributed by atoms with Crippen LogP contribution in [0.1, 0.15) is 16.7 Å². The zero-order valence-electron chi connectivity index (χ0n) is 16.2. The number of carbonyl (C=O) groups is 1. The SMILES string of the molecule is Cc1ccc(OCCNC(=O)CSc2nnc(-c3ccccc3C)o2)c(C)c1. The number of nitrogens with zero attached hydrogens (tertiary/aromatic N) is 2. The van der Waals surface area contributed by atoms with E-state index in [2.05, 4.69) is 21.6 Å². The highest BCUT2D eigenvalue weighted by molar-refractivity contribution is 7.99. The number of amides is 1. The third-order valence-electron chi connectivity index (χ3n) is 4.12. The van der Waals surface area contributed by atoms with E-state index in [1.165, 1.54) is 17.3 Å². The molecule has 1 aromatic heterocycles. The molecule has 3 aromatic rings. The van der Waals surface area contributed by atoms with Crippen molar-refractivity contribution in [2.75, 3.05) is 18.9 Å². The molecule has 146 valence electrons. The summed E-state index contributed by atoms with van der Waals surface area (Å²) >= 11 is 1.22. The summed E-state index contributed by atoms with van der Waals surface area (Å²) in [4.78, 5) is 12.0. The van der Waals surface area contributed by atoms with Crippen LogP contribution in [0.4, 0.5) is 0 Å². The number of benzene rings is 2. The summed E-state index contributed by atoms with van der Waals surface area (Å²) in [7, 11) is 0. The molecule has 0 bridgehead atoms. The Kier molecular flexibility index (Phi) is 6.71. The van der Waals surface area contributed by atoms with Crippen molar-refractivity contribution in [1.82, 2.24) is 15.5 Å². The second-order valence-electron chi connectivity index (χ2n) is 6.44. The molecule has 2 aromatic carbocycles. The highest BCUT2D eigenvalue weighted by Gasteiger charge is 2.12. The molecule has 0 spiro atoms. The molecule has 1 amide bonds. The number of hydrogen-bond donors (Lipinski definition) is 1. The molecule has 3 rings (SSSR count). The fourth-order valence-corrected chi connectivity index (χ4v) is 3.27. The van der Waals surface area contributed by atoms with Crippen LogP contribution in [-0.4, -0.2) is 35.0 Å². The van der Waals surface area contributed by atoms with E-state index in [-0.39, 0.29) is 11.7 Å². The van der Waals surface area contributed by atoms with E-state index in [9.17, 15) is 4.79 Å². The number of ether oxygens (including phenoxy) is 1. The lowest BCUT2D eigenvalue weighted by Gasteiger charge is -2.10. The molecule has 0 aliphatic heterocycles. The molecule has 1 heterocycles. The average Bonchev–Trinajstić information content (AvgIpc) is 3.14. The summed E-state index contributed by atoms with van der Waals surface area (Å²) in [5.74, 6) is 1.40. The number of hydrogen-bond acceptors (Lipinski definition) is 6. The Morgan fingerprint density at radius 1 is 1.11 bits per heavy atom. The molecular formula is C21H23N3O3S. The average molecular weight is 398 g/mol. The van der Waals surface area contributed by atoms with E-state index in [1.807, 2.05) is 57.2 Å². The van der Waals surface area contributed by atoms with Gasteiger partial charge in [0.15, 0.2) is 0 Å². The Labute approximate surface area is 168 Å². The van der Waals surface area contributed by atoms with Gasteiger partial charge in [-0.15, -0.1) is 10.2 Å². The van der Waals surface area contributed by atoms with Gasteiger partial charge in [-0.05, 0) is 44.0 Å². The summed E-state index contributed by atoms with van der Waals surface area (Å²) in [6.45, 7) is 6.89. The molecule has 0 aliphatic carbocycles. The fraction of sp³-hybridized carbons (Fsp3) is 0.286. The fourth-order valence-electron chi connectivity index (χ4n) is 2.68. The van der Waals surface area contributed by atoms with Gasteiger partial charge in [-0.1, -0.05) is 47.7 Å². The quantitative estimate of drug-likeness (QED) is 0.458. The monoisotopic (exact) mass is 397 g/mol. The molecule has 0 saturated carbocycles. The number of nitrogens with one attached hydrogen (secondary N) is 1. The molecule has 0 atom stereocenters. The van der Waals surface area contributed by atoms with E-state index < -0.39 is 0 Å². The maximum Gasteiger partial charge on any atom is 0.277 e. The summed E-state index contributed by atoms with van der Waals surface area (Å²) in [5.41, 5.74) is 4.24. The van der Waals surface area contributed by atoms with Gasteiger partial charge in [0.25, 0.3) is 5.22 Å². The number of thioether (sulfide) groups is 1. The van der Waals surface area contributed by atoms with Crippen LogP contribution < -0.4 is 10.1 Å². The van der Waals surface area contributed by atoms with E-state index in [0.29, 0.717) is 24.3 Å². The van der Waals surface area contributed by atoms with Gasteiger partial charge in [-0.3, -0.25) is 4.79 Å². The van der Waals surface area contributed by atoms with Crippen LogP contribution in [0.5, 0.6) is 5.75 Å². The maximum atomic E-state index is 12.0. The number of rotatable bonds is 8. The third-order valence-corrected chi connectivity index (χ3v) is 4.94. The first kappa shape index (κ1) is 19.9. The Balaban J connectivity index is 1.41. The van der Waals surface area contributed by atoms with E-state index >= 15 is 0 Å². The first-order valence-electron chi connectivity index (χ1n) is 9.02. The minimum Gasteiger partial charge on any atom is -0.491 e. The summed E-state index contributed by atoms with van der Waals surface area (Å²) in [6, 6.07) is 13.8. The van der Waals surface area contributed by atoms with Gasteiger partial charge >= 0.3 is 0 Å². The Bertz CT molecular complexity index is 956. The number of carbonyl (C=O) groups excluding carboxylic acids is 1. The van der Waals surface area contributed by atoms with Crippen molar-refractivity contribution >= 4 is 17.7 Å². The van der Waals surface area contributed by atoms with Crippen LogP contribution in [0, 0.1) is 20.8 Å². The molecule has 7 heteroatoms. The van der Waals surface area contributed by atoms with Gasteiger partial charge in [-0.25, -0.2) is 0 Å². The zero-order chi connectivity index (χ0) is 19.9. The Hall–Kier alpha value is -2.80. The first-order valence-corrected chi connectivity index (χ1v) is 10.0. The minimum atomic E-state index is -0.107. The predicted octanol–water partition coefficient (Wildman–Crippen LogP) is 3.95. The van der Waals surface area contributed by atoms with Gasteiger partial charge in [0.2, 0.25) is 11.8 Å². The summed E-state index contributed by atoms with van der Waals surface area (Å²) in [6.07, 6.45) is 0. The van der Waals surface area contributed by atoms with Crippen molar-refractivity contribution in [2.24, 2.45) is 0 Å². The first-order chi connectivity index (χ1) is 13.5. The van der Waals surface area contributed by atoms with E-state index in [1.54, 1.807) is 0 Å². The molecule has 0 saturated heterocycles. The Morgan fingerprint density at radius 2 is 1.93 bits per heavy atom. The normalized spacial score (nSPS) is 10.7. The molecule has 0 aliphatic rings. The lowest BCUT2D eigenvalue weighted by Crippen LogP contribution is -2.29. The Morgan fingerprint density at radius 3 is 2.71 bits per heavy atom. The molecular weight excluding hydrogens is 374 g/mol. The van der Waals surface area contributed by atoms with Gasteiger partial charge < -0.3 is 14.5 Å². The van der Waals surface area contributed by atoms with E-state index in [0.717, 1.165) is 22.4 Å². The molecule has 28 heavy (non-hydrogen) atoms. The third kappa shape index (κ3) is 5.36. The van der Waals surface area contributed by atoms with Crippen LogP contribution in [0.25, 0.3) is 11.5 Å². The smallest absolute Gasteiger partial charge is 0.277 e. The summed E-state index contributed by atoms with van der Waals surface area (Å²) in [5, 5.41) is 11.3. The van der Waals surface area contributed by atoms with Crippen molar-refractivity contribution in [1.29, 1.82) is 0 Å². The highest BCUT2D eigenvalue weighted by Crippen LogP contribution is 2.25. The number of aromatic nitrogens is 2. The topological polar surface area (TPSA) is 77.2 Å². The zero-order valence-corrected chi connectivity index (χ0v) is 17.0. The van der Waals surface area contributed by atoms with Crippen molar-refractivity contribution in [3.63, 3.8) is 0 Å². The van der Waals surface area contributed by atoms with E-state index in [4.69, 9.17) is 9.15 Å². The van der Waals surface area contributed by atoms with Crippen LogP contribution in [0.3, 0.4) is 0 Å². The highest BCUT2D eigenvalue weighted by atomic mass is 32.2. The van der Waals surface area contributed by atoms with Crippen molar-refractivity contribution in [3.8, 4) is 17.2 Å². The second kappa shape index (κ2) is 9.41. The van der Waals surface area contributed by atoms with Gasteiger partial charge in [0.1, 0.15) is 12.4 Å². The van der Waals surface area contributed by atoms with Crippen LogP contribution in [0.2, 0.25) is 0 Å². The standard InChI is InChI=1S/C21H23N3O3S/c1-14-8-9-18(16(3)12-14)26-11-10-22-19(25)13-28-21-24-23-20(27-21)17-7-5-4-6-15(17)2/h4-9,12H,10-11,13H2,1-3H3,(H,22,25). The van der Waals surface area contributed by atoms with Crippen LogP contribution in [-0.2, 0) is 4.79 Å². The largest absolute Gasteiger partial charge is 0.491 e. The molecule has 0 radical (unpaired) electrons. The van der Waals surface area contributed by atoms with Crippen molar-refractivity contribution in [3.05, 3.63) is 59.2 Å². The number of aryl methyl sites for hydroxylation is 3. The molecule has 6 nitrogen and oxygen atoms in total. The van der Waals surface area contributed by atoms with Crippen molar-refractivity contribution < 1.29 is 13.9 Å². The molecule has 1 N–H and O–H groups in total. The lowest BCUT2D eigenvalue weighted by molar-refractivity contribution is -0.118. The minimum absolute atomic E-state index is 0.107. The van der Waals surface area contributed by atoms with Gasteiger partial charge in [0, 0.05) is 5.56 Å². The van der Waals surface area contributed by atoms with Gasteiger partial charge in [-0.2, -0.15) is 0 Å². The second-order valence-corrected chi connectivity index (χ2v) is 7.37. The molecule has 0 unspecified atom stereocenters. The predicted molar refractivity (Wildman–Crippen MR) is 110 cm³/mol. The molecule has 0 fully saturated rings.